The lowest BCUT2D eigenvalue weighted by molar-refractivity contribution is -0.211. The predicted octanol–water partition coefficient (Wildman–Crippen LogP) is 5.19. The molecule has 0 unspecified atom stereocenters. The van der Waals surface area contributed by atoms with E-state index in [0.717, 1.165) is 19.9 Å². The van der Waals surface area contributed by atoms with Gasteiger partial charge in [0, 0.05) is 12.1 Å². The number of aromatic nitrogens is 2. The molecule has 26 heavy (non-hydrogen) atoms. The van der Waals surface area contributed by atoms with Crippen LogP contribution in [-0.4, -0.2) is 27.0 Å². The quantitative estimate of drug-likeness (QED) is 0.712. The predicted molar refractivity (Wildman–Crippen MR) is 88.8 cm³/mol. The van der Waals surface area contributed by atoms with Gasteiger partial charge in [0.1, 0.15) is 10.8 Å². The van der Waals surface area contributed by atoms with Gasteiger partial charge in [0.15, 0.2) is 5.69 Å². The highest BCUT2D eigenvalue weighted by atomic mass is 35.5. The average Bonchev–Trinajstić information content (AvgIpc) is 2.83. The second-order valence-electron chi connectivity index (χ2n) is 6.50. The van der Waals surface area contributed by atoms with Gasteiger partial charge in [-0.15, -0.1) is 0 Å². The fourth-order valence-electron chi connectivity index (χ4n) is 2.53. The van der Waals surface area contributed by atoms with Crippen molar-refractivity contribution in [1.29, 1.82) is 0 Å². The number of carboxylic acids is 1. The molecule has 0 aliphatic heterocycles. The largest absolute Gasteiger partial charge is 0.476 e. The first-order valence-corrected chi connectivity index (χ1v) is 8.12. The van der Waals surface area contributed by atoms with Crippen molar-refractivity contribution in [3.63, 3.8) is 0 Å². The van der Waals surface area contributed by atoms with Crippen molar-refractivity contribution in [2.45, 2.75) is 39.9 Å². The van der Waals surface area contributed by atoms with Crippen molar-refractivity contribution >= 4 is 17.6 Å². The molecule has 0 atom stereocenters. The van der Waals surface area contributed by atoms with E-state index in [1.807, 2.05) is 0 Å². The van der Waals surface area contributed by atoms with Gasteiger partial charge in [0.25, 0.3) is 0 Å². The minimum Gasteiger partial charge on any atom is -0.476 e. The lowest BCUT2D eigenvalue weighted by Gasteiger charge is -2.27. The van der Waals surface area contributed by atoms with Crippen molar-refractivity contribution in [3.8, 4) is 11.3 Å². The van der Waals surface area contributed by atoms with Crippen LogP contribution in [0.25, 0.3) is 11.3 Å². The lowest BCUT2D eigenvalue weighted by atomic mass is 9.85. The number of carboxylic acid groups (broad SMARTS) is 1. The van der Waals surface area contributed by atoms with Crippen molar-refractivity contribution in [2.75, 3.05) is 0 Å². The SMILES string of the molecule is CCn1nc(C(=O)O)c(Cl)c1-c1ccc(CC(C)(C)C(F)(F)F)cc1F. The number of alkyl halides is 3. The first-order valence-electron chi connectivity index (χ1n) is 7.74. The van der Waals surface area contributed by atoms with Gasteiger partial charge < -0.3 is 5.11 Å². The van der Waals surface area contributed by atoms with E-state index in [0.29, 0.717) is 0 Å². The van der Waals surface area contributed by atoms with Crippen molar-refractivity contribution in [1.82, 2.24) is 9.78 Å². The van der Waals surface area contributed by atoms with Crippen molar-refractivity contribution < 1.29 is 27.5 Å². The van der Waals surface area contributed by atoms with Crippen LogP contribution >= 0.6 is 11.6 Å². The molecule has 1 N–H and O–H groups in total. The third kappa shape index (κ3) is 3.70. The average molecular weight is 393 g/mol. The van der Waals surface area contributed by atoms with Crippen molar-refractivity contribution in [3.05, 3.63) is 40.3 Å². The summed E-state index contributed by atoms with van der Waals surface area (Å²) < 4.78 is 54.9. The Morgan fingerprint density at radius 2 is 1.92 bits per heavy atom. The van der Waals surface area contributed by atoms with Gasteiger partial charge in [-0.1, -0.05) is 31.5 Å². The number of nitrogens with zero attached hydrogens (tertiary/aromatic N) is 2. The zero-order valence-electron chi connectivity index (χ0n) is 14.3. The zero-order chi connectivity index (χ0) is 19.9. The highest BCUT2D eigenvalue weighted by Gasteiger charge is 2.47. The minimum absolute atomic E-state index is 0.0228. The molecular formula is C17H17ClF4N2O2. The summed E-state index contributed by atoms with van der Waals surface area (Å²) in [5, 5.41) is 12.7. The lowest BCUT2D eigenvalue weighted by Crippen LogP contribution is -2.34. The van der Waals surface area contributed by atoms with E-state index in [9.17, 15) is 22.4 Å². The first-order chi connectivity index (χ1) is 11.9. The summed E-state index contributed by atoms with van der Waals surface area (Å²) in [4.78, 5) is 11.2. The normalized spacial score (nSPS) is 12.5. The van der Waals surface area contributed by atoms with Crippen LogP contribution in [0.3, 0.4) is 0 Å². The van der Waals surface area contributed by atoms with Crippen molar-refractivity contribution in [2.24, 2.45) is 5.41 Å². The Morgan fingerprint density at radius 3 is 2.38 bits per heavy atom. The highest BCUT2D eigenvalue weighted by Crippen LogP contribution is 2.41. The van der Waals surface area contributed by atoms with Crippen LogP contribution in [0.15, 0.2) is 18.2 Å². The molecule has 4 nitrogen and oxygen atoms in total. The first kappa shape index (κ1) is 20.2. The van der Waals surface area contributed by atoms with Crippen LogP contribution in [0.2, 0.25) is 5.02 Å². The summed E-state index contributed by atoms with van der Waals surface area (Å²) in [6.07, 6.45) is -4.82. The smallest absolute Gasteiger partial charge is 0.394 e. The fourth-order valence-corrected chi connectivity index (χ4v) is 2.85. The number of rotatable bonds is 5. The molecule has 2 rings (SSSR count). The van der Waals surface area contributed by atoms with E-state index in [1.165, 1.54) is 16.8 Å². The summed E-state index contributed by atoms with van der Waals surface area (Å²) in [5.74, 6) is -2.15. The monoisotopic (exact) mass is 392 g/mol. The molecule has 1 aromatic carbocycles. The number of aryl methyl sites for hydroxylation is 1. The molecule has 0 aliphatic rings. The number of hydrogen-bond donors (Lipinski definition) is 1. The third-order valence-electron chi connectivity index (χ3n) is 4.10. The van der Waals surface area contributed by atoms with E-state index < -0.39 is 35.5 Å². The van der Waals surface area contributed by atoms with Gasteiger partial charge in [-0.2, -0.15) is 18.3 Å². The Kier molecular flexibility index (Phi) is 5.37. The molecular weight excluding hydrogens is 376 g/mol. The number of hydrogen-bond acceptors (Lipinski definition) is 2. The Hall–Kier alpha value is -2.09. The summed E-state index contributed by atoms with van der Waals surface area (Å²) in [6.45, 7) is 4.00. The Morgan fingerprint density at radius 1 is 1.31 bits per heavy atom. The molecule has 0 bridgehead atoms. The second kappa shape index (κ2) is 6.90. The molecule has 1 heterocycles. The van der Waals surface area contributed by atoms with E-state index in [-0.39, 0.29) is 28.4 Å². The Labute approximate surface area is 152 Å². The van der Waals surface area contributed by atoms with E-state index in [4.69, 9.17) is 16.7 Å². The summed E-state index contributed by atoms with van der Waals surface area (Å²) >= 11 is 6.04. The molecule has 0 spiro atoms. The van der Waals surface area contributed by atoms with Crippen LogP contribution in [0.5, 0.6) is 0 Å². The molecule has 142 valence electrons. The topological polar surface area (TPSA) is 55.1 Å². The molecule has 0 amide bonds. The summed E-state index contributed by atoms with van der Waals surface area (Å²) in [7, 11) is 0. The van der Waals surface area contributed by atoms with Crippen LogP contribution in [-0.2, 0) is 13.0 Å². The maximum atomic E-state index is 14.6. The van der Waals surface area contributed by atoms with Gasteiger partial charge in [-0.3, -0.25) is 4.68 Å². The highest BCUT2D eigenvalue weighted by molar-refractivity contribution is 6.35. The maximum Gasteiger partial charge on any atom is 0.394 e. The number of benzene rings is 1. The molecule has 0 saturated heterocycles. The van der Waals surface area contributed by atoms with E-state index >= 15 is 0 Å². The number of carbonyl (C=O) groups is 1. The van der Waals surface area contributed by atoms with Gasteiger partial charge in [0.2, 0.25) is 0 Å². The molecule has 2 aromatic rings. The second-order valence-corrected chi connectivity index (χ2v) is 6.88. The fraction of sp³-hybridized carbons (Fsp3) is 0.412. The molecule has 9 heteroatoms. The van der Waals surface area contributed by atoms with Gasteiger partial charge in [-0.25, -0.2) is 9.18 Å². The number of halogens is 5. The minimum atomic E-state index is -4.43. The third-order valence-corrected chi connectivity index (χ3v) is 4.46. The van der Waals surface area contributed by atoms with E-state index in [1.54, 1.807) is 6.92 Å². The zero-order valence-corrected chi connectivity index (χ0v) is 15.0. The molecule has 0 fully saturated rings. The van der Waals surface area contributed by atoms with Crippen LogP contribution in [0.1, 0.15) is 36.8 Å². The summed E-state index contributed by atoms with van der Waals surface area (Å²) in [5.41, 5.74) is -2.20. The number of aromatic carboxylic acids is 1. The summed E-state index contributed by atoms with van der Waals surface area (Å²) in [6, 6.07) is 3.67. The molecule has 0 radical (unpaired) electrons. The van der Waals surface area contributed by atoms with Gasteiger partial charge in [0.05, 0.1) is 11.1 Å². The standard InChI is InChI=1S/C17H17ClF4N2O2/c1-4-24-14(12(18)13(23-24)15(25)26)10-6-5-9(7-11(10)19)8-16(2,3)17(20,21)22/h5-7H,4,8H2,1-3H3,(H,25,26). The van der Waals surface area contributed by atoms with Gasteiger partial charge in [-0.05, 0) is 31.0 Å². The van der Waals surface area contributed by atoms with Gasteiger partial charge >= 0.3 is 12.1 Å². The van der Waals surface area contributed by atoms with Crippen LogP contribution in [0.4, 0.5) is 17.6 Å². The maximum absolute atomic E-state index is 14.6. The molecule has 0 saturated carbocycles. The Balaban J connectivity index is 2.48. The van der Waals surface area contributed by atoms with Crippen LogP contribution in [0, 0.1) is 11.2 Å². The Bertz CT molecular complexity index is 844. The molecule has 1 aromatic heterocycles. The molecule has 0 aliphatic carbocycles. The van der Waals surface area contributed by atoms with Crippen LogP contribution < -0.4 is 0 Å². The van der Waals surface area contributed by atoms with E-state index in [2.05, 4.69) is 5.10 Å².